The Balaban J connectivity index is 1.26. The molecule has 3 aliphatic carbocycles. The molecule has 2 amide bonds. The van der Waals surface area contributed by atoms with Gasteiger partial charge in [-0.2, -0.15) is 5.26 Å². The van der Waals surface area contributed by atoms with Gasteiger partial charge in [0.25, 0.3) is 11.8 Å². The van der Waals surface area contributed by atoms with Crippen molar-refractivity contribution in [2.45, 2.75) is 49.6 Å². The second-order valence-corrected chi connectivity index (χ2v) is 8.90. The van der Waals surface area contributed by atoms with E-state index in [0.717, 1.165) is 24.5 Å². The zero-order valence-electron chi connectivity index (χ0n) is 17.3. The lowest BCUT2D eigenvalue weighted by Gasteiger charge is -2.48. The highest BCUT2D eigenvalue weighted by molar-refractivity contribution is 6.30. The van der Waals surface area contributed by atoms with Crippen molar-refractivity contribution in [1.29, 1.82) is 5.26 Å². The molecule has 32 heavy (non-hydrogen) atoms. The molecule has 1 aromatic heterocycles. The number of nitriles is 1. The minimum absolute atomic E-state index is 0.00959. The third-order valence-electron chi connectivity index (χ3n) is 6.06. The van der Waals surface area contributed by atoms with Gasteiger partial charge in [-0.25, -0.2) is 4.39 Å². The van der Waals surface area contributed by atoms with E-state index in [1.165, 1.54) is 12.1 Å². The Labute approximate surface area is 189 Å². The summed E-state index contributed by atoms with van der Waals surface area (Å²) in [6.45, 7) is -0.232. The average molecular weight is 457 g/mol. The average Bonchev–Trinajstić information content (AvgIpc) is 3.28. The first-order valence-corrected chi connectivity index (χ1v) is 10.7. The summed E-state index contributed by atoms with van der Waals surface area (Å²) in [5.74, 6) is -0.916. The van der Waals surface area contributed by atoms with E-state index in [2.05, 4.69) is 21.7 Å². The minimum Gasteiger partial charge on any atom is -0.484 e. The summed E-state index contributed by atoms with van der Waals surface area (Å²) in [6.07, 6.45) is 5.45. The van der Waals surface area contributed by atoms with E-state index >= 15 is 0 Å². The Kier molecular flexibility index (Phi) is 6.02. The number of fused-ring (bicyclic) bond motifs is 1. The van der Waals surface area contributed by atoms with Gasteiger partial charge in [0.2, 0.25) is 0 Å². The highest BCUT2D eigenvalue weighted by atomic mass is 35.5. The quantitative estimate of drug-likeness (QED) is 0.634. The third-order valence-corrected chi connectivity index (χ3v) is 6.37. The molecule has 166 valence electrons. The number of ether oxygens (including phenoxy) is 1. The van der Waals surface area contributed by atoms with Crippen LogP contribution in [0.5, 0.6) is 5.75 Å². The van der Waals surface area contributed by atoms with Crippen LogP contribution >= 0.6 is 11.6 Å². The number of carbonyl (C=O) groups is 2. The second kappa shape index (κ2) is 8.75. The summed E-state index contributed by atoms with van der Waals surface area (Å²) < 4.78 is 18.8. The largest absolute Gasteiger partial charge is 0.484 e. The lowest BCUT2D eigenvalue weighted by atomic mass is 9.71. The molecule has 1 heterocycles. The van der Waals surface area contributed by atoms with Gasteiger partial charge in [-0.3, -0.25) is 14.6 Å². The van der Waals surface area contributed by atoms with Gasteiger partial charge >= 0.3 is 0 Å². The van der Waals surface area contributed by atoms with Crippen LogP contribution in [-0.2, 0) is 11.2 Å². The van der Waals surface area contributed by atoms with Gasteiger partial charge in [-0.1, -0.05) is 17.7 Å². The van der Waals surface area contributed by atoms with Gasteiger partial charge in [0.1, 0.15) is 17.3 Å². The number of aryl methyl sites for hydroxylation is 1. The van der Waals surface area contributed by atoms with Gasteiger partial charge in [-0.15, -0.1) is 0 Å². The Morgan fingerprint density at radius 3 is 2.59 bits per heavy atom. The fraction of sp³-hybridized carbons (Fsp3) is 0.391. The van der Waals surface area contributed by atoms with Crippen molar-refractivity contribution in [3.05, 3.63) is 58.6 Å². The van der Waals surface area contributed by atoms with Crippen LogP contribution in [-0.4, -0.2) is 34.5 Å². The third kappa shape index (κ3) is 4.68. The first-order chi connectivity index (χ1) is 15.3. The van der Waals surface area contributed by atoms with Gasteiger partial charge in [0.05, 0.1) is 11.1 Å². The zero-order valence-corrected chi connectivity index (χ0v) is 18.0. The van der Waals surface area contributed by atoms with Crippen molar-refractivity contribution in [2.24, 2.45) is 0 Å². The molecule has 7 nitrogen and oxygen atoms in total. The first kappa shape index (κ1) is 22.0. The van der Waals surface area contributed by atoms with Crippen molar-refractivity contribution in [3.8, 4) is 11.8 Å². The smallest absolute Gasteiger partial charge is 0.270 e. The fourth-order valence-corrected chi connectivity index (χ4v) is 4.75. The van der Waals surface area contributed by atoms with Gasteiger partial charge in [0.15, 0.2) is 6.61 Å². The van der Waals surface area contributed by atoms with Crippen molar-refractivity contribution < 1.29 is 18.7 Å². The first-order valence-electron chi connectivity index (χ1n) is 10.4. The summed E-state index contributed by atoms with van der Waals surface area (Å²) in [5, 5.41) is 14.7. The number of benzene rings is 1. The molecule has 0 atom stereocenters. The van der Waals surface area contributed by atoms with E-state index < -0.39 is 5.82 Å². The molecular weight excluding hydrogens is 435 g/mol. The summed E-state index contributed by atoms with van der Waals surface area (Å²) in [6, 6.07) is 9.57. The van der Waals surface area contributed by atoms with Crippen molar-refractivity contribution in [1.82, 2.24) is 15.6 Å². The Hall–Kier alpha value is -3.18. The van der Waals surface area contributed by atoms with Crippen molar-refractivity contribution >= 4 is 23.4 Å². The lowest BCUT2D eigenvalue weighted by molar-refractivity contribution is -0.126. The Bertz CT molecular complexity index is 1080. The summed E-state index contributed by atoms with van der Waals surface area (Å²) in [7, 11) is 0. The predicted molar refractivity (Wildman–Crippen MR) is 115 cm³/mol. The fourth-order valence-electron chi connectivity index (χ4n) is 4.64. The second-order valence-electron chi connectivity index (χ2n) is 8.49. The lowest BCUT2D eigenvalue weighted by Crippen LogP contribution is -2.65. The normalized spacial score (nSPS) is 23.0. The van der Waals surface area contributed by atoms with E-state index in [9.17, 15) is 14.0 Å². The molecule has 0 spiro atoms. The minimum atomic E-state index is -0.607. The molecule has 2 aromatic rings. The molecule has 3 saturated carbocycles. The summed E-state index contributed by atoms with van der Waals surface area (Å²) >= 11 is 5.64. The van der Waals surface area contributed by atoms with E-state index in [1.54, 1.807) is 12.3 Å². The maximum Gasteiger partial charge on any atom is 0.270 e. The molecule has 0 saturated heterocycles. The standard InChI is InChI=1S/C23H22ClFN4O3/c24-17-5-4-16(10-18(17)25)32-12-20(30)28-22-7-8-23(13-22,14-22)29-21(31)19-6-3-15(11-27-19)2-1-9-26/h3-6,10-11H,1-2,7-8,12-14H2,(H,28,30)(H,29,31). The highest BCUT2D eigenvalue weighted by Crippen LogP contribution is 2.55. The van der Waals surface area contributed by atoms with Gasteiger partial charge in [0, 0.05) is 29.8 Å². The summed E-state index contributed by atoms with van der Waals surface area (Å²) in [4.78, 5) is 29.2. The van der Waals surface area contributed by atoms with Crippen LogP contribution < -0.4 is 15.4 Å². The maximum absolute atomic E-state index is 13.5. The van der Waals surface area contributed by atoms with E-state index in [1.807, 2.05) is 6.07 Å². The van der Waals surface area contributed by atoms with Crippen LogP contribution in [0.1, 0.15) is 48.2 Å². The number of carbonyl (C=O) groups excluding carboxylic acids is 2. The van der Waals surface area contributed by atoms with E-state index in [-0.39, 0.29) is 40.3 Å². The Morgan fingerprint density at radius 1 is 1.19 bits per heavy atom. The molecule has 1 aromatic carbocycles. The topological polar surface area (TPSA) is 104 Å². The van der Waals surface area contributed by atoms with Crippen LogP contribution in [0, 0.1) is 17.1 Å². The van der Waals surface area contributed by atoms with Crippen molar-refractivity contribution in [3.63, 3.8) is 0 Å². The number of halogens is 2. The number of hydrogen-bond donors (Lipinski definition) is 2. The Morgan fingerprint density at radius 2 is 1.94 bits per heavy atom. The van der Waals surface area contributed by atoms with Crippen LogP contribution in [0.15, 0.2) is 36.5 Å². The van der Waals surface area contributed by atoms with Gasteiger partial charge in [-0.05, 0) is 55.9 Å². The number of nitrogens with one attached hydrogen (secondary N) is 2. The van der Waals surface area contributed by atoms with Crippen LogP contribution in [0.3, 0.4) is 0 Å². The van der Waals surface area contributed by atoms with Crippen molar-refractivity contribution in [2.75, 3.05) is 6.61 Å². The molecule has 0 aliphatic heterocycles. The molecule has 9 heteroatoms. The number of pyridine rings is 1. The predicted octanol–water partition coefficient (Wildman–Crippen LogP) is 3.32. The molecule has 0 unspecified atom stereocenters. The van der Waals surface area contributed by atoms with Crippen LogP contribution in [0.25, 0.3) is 0 Å². The molecule has 2 N–H and O–H groups in total. The van der Waals surface area contributed by atoms with E-state index in [4.69, 9.17) is 21.6 Å². The SMILES string of the molecule is N#CCCc1ccc(C(=O)NC23CCC(NC(=O)COc4ccc(Cl)c(F)c4)(C2)C3)nc1. The van der Waals surface area contributed by atoms with Crippen LogP contribution in [0.4, 0.5) is 4.39 Å². The number of nitrogens with zero attached hydrogens (tertiary/aromatic N) is 2. The van der Waals surface area contributed by atoms with Crippen LogP contribution in [0.2, 0.25) is 5.02 Å². The molecule has 5 rings (SSSR count). The zero-order chi connectivity index (χ0) is 22.8. The van der Waals surface area contributed by atoms with E-state index in [0.29, 0.717) is 31.4 Å². The molecule has 3 fully saturated rings. The number of amides is 2. The molecule has 3 aliphatic rings. The number of aromatic nitrogens is 1. The number of rotatable bonds is 8. The molecular formula is C23H22ClFN4O3. The highest BCUT2D eigenvalue weighted by Gasteiger charge is 2.62. The summed E-state index contributed by atoms with van der Waals surface area (Å²) in [5.41, 5.74) is 0.548. The van der Waals surface area contributed by atoms with Gasteiger partial charge < -0.3 is 15.4 Å². The monoisotopic (exact) mass is 456 g/mol. The maximum atomic E-state index is 13.5. The number of hydrogen-bond acceptors (Lipinski definition) is 5. The molecule has 0 radical (unpaired) electrons. The molecule has 2 bridgehead atoms.